The van der Waals surface area contributed by atoms with Crippen molar-refractivity contribution in [2.24, 2.45) is 7.05 Å². The van der Waals surface area contributed by atoms with Gasteiger partial charge in [0.25, 0.3) is 0 Å². The number of aromatic nitrogens is 1. The van der Waals surface area contributed by atoms with E-state index in [1.807, 2.05) is 41.9 Å². The fourth-order valence-electron chi connectivity index (χ4n) is 1.79. The Morgan fingerprint density at radius 1 is 1.40 bits per heavy atom. The third-order valence-electron chi connectivity index (χ3n) is 2.60. The van der Waals surface area contributed by atoms with Crippen molar-refractivity contribution in [1.29, 1.82) is 0 Å². The molecule has 0 unspecified atom stereocenters. The summed E-state index contributed by atoms with van der Waals surface area (Å²) in [6, 6.07) is 9.99. The highest BCUT2D eigenvalue weighted by Gasteiger charge is 2.07. The van der Waals surface area contributed by atoms with Gasteiger partial charge in [-0.25, -0.2) is 0 Å². The highest BCUT2D eigenvalue weighted by molar-refractivity contribution is 5.81. The smallest absolute Gasteiger partial charge is 0.209 e. The van der Waals surface area contributed by atoms with Crippen LogP contribution in [-0.2, 0) is 13.5 Å². The third-order valence-corrected chi connectivity index (χ3v) is 2.60. The van der Waals surface area contributed by atoms with Gasteiger partial charge in [0.2, 0.25) is 6.54 Å². The first-order valence-electron chi connectivity index (χ1n) is 4.83. The molecule has 1 aromatic heterocycles. The predicted molar refractivity (Wildman–Crippen MR) is 58.5 cm³/mol. The highest BCUT2D eigenvalue weighted by Crippen LogP contribution is 2.18. The quantitative estimate of drug-likeness (QED) is 0.567. The van der Waals surface area contributed by atoms with Gasteiger partial charge in [0.1, 0.15) is 0 Å². The van der Waals surface area contributed by atoms with Crippen LogP contribution in [0.5, 0.6) is 0 Å². The summed E-state index contributed by atoms with van der Waals surface area (Å²) in [6.07, 6.45) is 0.484. The molecule has 1 aromatic carbocycles. The van der Waals surface area contributed by atoms with Gasteiger partial charge in [-0.15, -0.1) is 0 Å². The van der Waals surface area contributed by atoms with Crippen LogP contribution in [0, 0.1) is 10.1 Å². The van der Waals surface area contributed by atoms with Gasteiger partial charge >= 0.3 is 0 Å². The molecule has 2 aromatic rings. The van der Waals surface area contributed by atoms with Crippen molar-refractivity contribution in [3.05, 3.63) is 46.1 Å². The van der Waals surface area contributed by atoms with E-state index < -0.39 is 0 Å². The topological polar surface area (TPSA) is 48.1 Å². The van der Waals surface area contributed by atoms with E-state index in [1.54, 1.807) is 0 Å². The Morgan fingerprint density at radius 2 is 2.13 bits per heavy atom. The molecule has 0 amide bonds. The molecular weight excluding hydrogens is 192 g/mol. The molecule has 0 aliphatic carbocycles. The molecule has 0 N–H and O–H groups in total. The number of nitro groups is 1. The average Bonchev–Trinajstić information content (AvgIpc) is 2.54. The predicted octanol–water partition coefficient (Wildman–Crippen LogP) is 2.00. The Hall–Kier alpha value is -1.84. The molecule has 4 nitrogen and oxygen atoms in total. The number of aryl methyl sites for hydroxylation is 1. The summed E-state index contributed by atoms with van der Waals surface area (Å²) < 4.78 is 2.01. The van der Waals surface area contributed by atoms with Gasteiger partial charge < -0.3 is 4.57 Å². The van der Waals surface area contributed by atoms with Crippen LogP contribution in [0.3, 0.4) is 0 Å². The monoisotopic (exact) mass is 204 g/mol. The van der Waals surface area contributed by atoms with Gasteiger partial charge in [0, 0.05) is 23.2 Å². The lowest BCUT2D eigenvalue weighted by Crippen LogP contribution is -2.06. The zero-order valence-electron chi connectivity index (χ0n) is 8.51. The summed E-state index contributed by atoms with van der Waals surface area (Å²) in [5.74, 6) is 0. The van der Waals surface area contributed by atoms with E-state index in [9.17, 15) is 10.1 Å². The first kappa shape index (κ1) is 9.71. The minimum Gasteiger partial charge on any atom is -0.347 e. The second-order valence-electron chi connectivity index (χ2n) is 3.56. The minimum atomic E-state index is -0.280. The molecule has 0 spiro atoms. The molecule has 0 aliphatic rings. The van der Waals surface area contributed by atoms with Crippen molar-refractivity contribution in [3.63, 3.8) is 0 Å². The van der Waals surface area contributed by atoms with Crippen LogP contribution in [-0.4, -0.2) is 16.0 Å². The molecule has 0 radical (unpaired) electrons. The SMILES string of the molecule is Cn1c(CC[N+](=O)[O-])cc2ccccc21. The molecule has 0 bridgehead atoms. The number of fused-ring (bicyclic) bond motifs is 1. The van der Waals surface area contributed by atoms with Crippen molar-refractivity contribution in [3.8, 4) is 0 Å². The van der Waals surface area contributed by atoms with Crippen LogP contribution in [0.2, 0.25) is 0 Å². The van der Waals surface area contributed by atoms with E-state index in [1.165, 1.54) is 0 Å². The van der Waals surface area contributed by atoms with Crippen molar-refractivity contribution < 1.29 is 4.92 Å². The number of rotatable bonds is 3. The summed E-state index contributed by atoms with van der Waals surface area (Å²) in [4.78, 5) is 10.0. The first-order valence-corrected chi connectivity index (χ1v) is 4.83. The number of hydrogen-bond acceptors (Lipinski definition) is 2. The van der Waals surface area contributed by atoms with Crippen molar-refractivity contribution >= 4 is 10.9 Å². The van der Waals surface area contributed by atoms with E-state index in [2.05, 4.69) is 0 Å². The Balaban J connectivity index is 2.36. The molecule has 1 heterocycles. The van der Waals surface area contributed by atoms with Gasteiger partial charge in [0.15, 0.2) is 0 Å². The Labute approximate surface area is 87.3 Å². The fraction of sp³-hybridized carbons (Fsp3) is 0.273. The largest absolute Gasteiger partial charge is 0.347 e. The summed E-state index contributed by atoms with van der Waals surface area (Å²) in [5.41, 5.74) is 2.13. The van der Waals surface area contributed by atoms with Crippen LogP contribution < -0.4 is 0 Å². The van der Waals surface area contributed by atoms with Crippen LogP contribution in [0.25, 0.3) is 10.9 Å². The van der Waals surface area contributed by atoms with E-state index >= 15 is 0 Å². The lowest BCUT2D eigenvalue weighted by molar-refractivity contribution is -0.479. The molecule has 15 heavy (non-hydrogen) atoms. The average molecular weight is 204 g/mol. The van der Waals surface area contributed by atoms with Gasteiger partial charge in [0.05, 0.1) is 6.42 Å². The molecule has 0 saturated heterocycles. The van der Waals surface area contributed by atoms with E-state index in [-0.39, 0.29) is 11.5 Å². The highest BCUT2D eigenvalue weighted by atomic mass is 16.6. The number of para-hydroxylation sites is 1. The fourth-order valence-corrected chi connectivity index (χ4v) is 1.79. The zero-order chi connectivity index (χ0) is 10.8. The van der Waals surface area contributed by atoms with Crippen molar-refractivity contribution in [1.82, 2.24) is 4.57 Å². The van der Waals surface area contributed by atoms with Crippen LogP contribution in [0.15, 0.2) is 30.3 Å². The van der Waals surface area contributed by atoms with Gasteiger partial charge in [-0.05, 0) is 17.5 Å². The Kier molecular flexibility index (Phi) is 2.41. The molecule has 78 valence electrons. The molecule has 2 rings (SSSR count). The first-order chi connectivity index (χ1) is 7.18. The van der Waals surface area contributed by atoms with Crippen LogP contribution >= 0.6 is 0 Å². The van der Waals surface area contributed by atoms with Crippen LogP contribution in [0.4, 0.5) is 0 Å². The molecule has 0 saturated carbocycles. The Bertz CT molecular complexity index is 502. The van der Waals surface area contributed by atoms with E-state index in [4.69, 9.17) is 0 Å². The maximum atomic E-state index is 10.3. The maximum Gasteiger partial charge on any atom is 0.209 e. The second kappa shape index (κ2) is 3.73. The van der Waals surface area contributed by atoms with E-state index in [0.717, 1.165) is 16.6 Å². The summed E-state index contributed by atoms with van der Waals surface area (Å²) in [7, 11) is 1.94. The standard InChI is InChI=1S/C11H12N2O2/c1-12-10(6-7-13(14)15)8-9-4-2-3-5-11(9)12/h2-5,8H,6-7H2,1H3. The van der Waals surface area contributed by atoms with Crippen LogP contribution in [0.1, 0.15) is 5.69 Å². The summed E-state index contributed by atoms with van der Waals surface area (Å²) >= 11 is 0. The van der Waals surface area contributed by atoms with Gasteiger partial charge in [-0.2, -0.15) is 0 Å². The number of nitrogens with zero attached hydrogens (tertiary/aromatic N) is 2. The third kappa shape index (κ3) is 1.83. The summed E-state index contributed by atoms with van der Waals surface area (Å²) in [6.45, 7) is -0.00976. The summed E-state index contributed by atoms with van der Waals surface area (Å²) in [5, 5.41) is 11.4. The second-order valence-corrected chi connectivity index (χ2v) is 3.56. The normalized spacial score (nSPS) is 10.7. The van der Waals surface area contributed by atoms with Crippen molar-refractivity contribution in [2.45, 2.75) is 6.42 Å². The molecular formula is C11H12N2O2. The molecule has 0 atom stereocenters. The minimum absolute atomic E-state index is 0.00976. The molecule has 0 fully saturated rings. The lowest BCUT2D eigenvalue weighted by Gasteiger charge is -2.00. The number of hydrogen-bond donors (Lipinski definition) is 0. The Morgan fingerprint density at radius 3 is 2.80 bits per heavy atom. The molecule has 0 aliphatic heterocycles. The van der Waals surface area contributed by atoms with E-state index in [0.29, 0.717) is 6.42 Å². The van der Waals surface area contributed by atoms with Crippen molar-refractivity contribution in [2.75, 3.05) is 6.54 Å². The molecule has 4 heteroatoms. The zero-order valence-corrected chi connectivity index (χ0v) is 8.51. The number of benzene rings is 1. The maximum absolute atomic E-state index is 10.3. The van der Waals surface area contributed by atoms with Gasteiger partial charge in [-0.3, -0.25) is 10.1 Å². The lowest BCUT2D eigenvalue weighted by atomic mass is 10.2. The van der Waals surface area contributed by atoms with Gasteiger partial charge in [-0.1, -0.05) is 18.2 Å².